The molecule has 0 unspecified atom stereocenters. The van der Waals surface area contributed by atoms with Gasteiger partial charge in [-0.2, -0.15) is 0 Å². The van der Waals surface area contributed by atoms with Gasteiger partial charge < -0.3 is 10.0 Å². The fourth-order valence-corrected chi connectivity index (χ4v) is 1.38. The number of hydrogen-bond acceptors (Lipinski definition) is 2. The molecule has 0 bridgehead atoms. The first-order valence-corrected chi connectivity index (χ1v) is 5.55. The Balaban J connectivity index is 3.16. The van der Waals surface area contributed by atoms with Gasteiger partial charge in [0.15, 0.2) is 0 Å². The van der Waals surface area contributed by atoms with Crippen molar-refractivity contribution in [2.24, 2.45) is 0 Å². The Kier molecular flexibility index (Phi) is 4.06. The van der Waals surface area contributed by atoms with Crippen LogP contribution < -0.4 is 0 Å². The zero-order valence-electron chi connectivity index (χ0n) is 10.9. The summed E-state index contributed by atoms with van der Waals surface area (Å²) in [6, 6.07) is 1.87. The maximum absolute atomic E-state index is 13.6. The maximum atomic E-state index is 13.6. The van der Waals surface area contributed by atoms with E-state index in [0.29, 0.717) is 6.07 Å². The van der Waals surface area contributed by atoms with E-state index < -0.39 is 23.1 Å². The van der Waals surface area contributed by atoms with E-state index in [1.807, 2.05) is 0 Å². The second-order valence-electron chi connectivity index (χ2n) is 4.92. The van der Waals surface area contributed by atoms with Crippen LogP contribution in [0.25, 0.3) is 0 Å². The van der Waals surface area contributed by atoms with Gasteiger partial charge in [-0.3, -0.25) is 4.79 Å². The minimum absolute atomic E-state index is 0.196. The molecule has 1 aromatic rings. The normalized spacial score (nSPS) is 11.5. The number of carbonyl (C=O) groups is 1. The molecular formula is C13H17F2NO2. The van der Waals surface area contributed by atoms with Crippen molar-refractivity contribution in [3.63, 3.8) is 0 Å². The highest BCUT2D eigenvalue weighted by Gasteiger charge is 2.29. The topological polar surface area (TPSA) is 40.5 Å². The molecule has 100 valence electrons. The summed E-state index contributed by atoms with van der Waals surface area (Å²) in [5.41, 5.74) is -0.806. The van der Waals surface area contributed by atoms with Crippen molar-refractivity contribution in [1.29, 1.82) is 0 Å². The average Bonchev–Trinajstić information content (AvgIpc) is 2.32. The van der Waals surface area contributed by atoms with Crippen LogP contribution in [0.4, 0.5) is 8.78 Å². The quantitative estimate of drug-likeness (QED) is 0.901. The molecule has 0 saturated carbocycles. The van der Waals surface area contributed by atoms with Gasteiger partial charge in [0, 0.05) is 13.1 Å². The lowest BCUT2D eigenvalue weighted by molar-refractivity contribution is 0.0468. The van der Waals surface area contributed by atoms with Crippen LogP contribution in [0.15, 0.2) is 12.1 Å². The fourth-order valence-electron chi connectivity index (χ4n) is 1.38. The molecule has 0 aromatic heterocycles. The molecule has 1 amide bonds. The third-order valence-corrected chi connectivity index (χ3v) is 3.08. The number of carbonyl (C=O) groups excluding carboxylic acids is 1. The minimum Gasteiger partial charge on any atom is -0.394 e. The molecule has 3 nitrogen and oxygen atoms in total. The number of rotatable bonds is 3. The van der Waals surface area contributed by atoms with Gasteiger partial charge in [-0.15, -0.1) is 0 Å². The highest BCUT2D eigenvalue weighted by Crippen LogP contribution is 2.19. The molecule has 18 heavy (non-hydrogen) atoms. The van der Waals surface area contributed by atoms with Gasteiger partial charge in [-0.1, -0.05) is 0 Å². The Bertz CT molecular complexity index is 472. The van der Waals surface area contributed by atoms with Crippen molar-refractivity contribution in [1.82, 2.24) is 4.90 Å². The van der Waals surface area contributed by atoms with E-state index in [2.05, 4.69) is 0 Å². The molecule has 0 aliphatic carbocycles. The zero-order valence-corrected chi connectivity index (χ0v) is 10.9. The van der Waals surface area contributed by atoms with Gasteiger partial charge >= 0.3 is 0 Å². The van der Waals surface area contributed by atoms with Crippen LogP contribution >= 0.6 is 0 Å². The van der Waals surface area contributed by atoms with E-state index >= 15 is 0 Å². The number of aliphatic hydroxyl groups excluding tert-OH is 1. The van der Waals surface area contributed by atoms with E-state index in [4.69, 9.17) is 0 Å². The summed E-state index contributed by atoms with van der Waals surface area (Å²) in [5.74, 6) is -2.17. The molecule has 0 heterocycles. The van der Waals surface area contributed by atoms with E-state index in [9.17, 15) is 18.7 Å². The number of likely N-dealkylation sites (N-methyl/N-ethyl adjacent to an activating group) is 1. The first kappa shape index (κ1) is 14.6. The van der Waals surface area contributed by atoms with E-state index in [1.165, 1.54) is 24.9 Å². The Morgan fingerprint density at radius 1 is 1.33 bits per heavy atom. The zero-order chi connectivity index (χ0) is 14.1. The number of amides is 1. The number of aryl methyl sites for hydroxylation is 1. The summed E-state index contributed by atoms with van der Waals surface area (Å²) < 4.78 is 26.7. The van der Waals surface area contributed by atoms with Gasteiger partial charge in [-0.05, 0) is 32.4 Å². The minimum atomic E-state index is -0.899. The van der Waals surface area contributed by atoms with Crippen LogP contribution in [0.2, 0.25) is 0 Å². The highest BCUT2D eigenvalue weighted by molar-refractivity contribution is 5.95. The fraction of sp³-hybridized carbons (Fsp3) is 0.462. The molecule has 1 aromatic carbocycles. The Morgan fingerprint density at radius 3 is 2.39 bits per heavy atom. The molecular weight excluding hydrogens is 240 g/mol. The van der Waals surface area contributed by atoms with Gasteiger partial charge in [-0.25, -0.2) is 8.78 Å². The van der Waals surface area contributed by atoms with E-state index in [0.717, 1.165) is 0 Å². The third-order valence-electron chi connectivity index (χ3n) is 3.08. The molecule has 0 fully saturated rings. The van der Waals surface area contributed by atoms with Crippen molar-refractivity contribution in [2.75, 3.05) is 13.7 Å². The van der Waals surface area contributed by atoms with Crippen molar-refractivity contribution in [3.05, 3.63) is 34.9 Å². The first-order chi connectivity index (χ1) is 8.20. The molecule has 0 saturated heterocycles. The van der Waals surface area contributed by atoms with Gasteiger partial charge in [0.2, 0.25) is 0 Å². The van der Waals surface area contributed by atoms with Crippen LogP contribution in [0.1, 0.15) is 29.8 Å². The summed E-state index contributed by atoms with van der Waals surface area (Å²) in [5, 5.41) is 9.18. The summed E-state index contributed by atoms with van der Waals surface area (Å²) in [7, 11) is 1.47. The molecule has 1 rings (SSSR count). The summed E-state index contributed by atoms with van der Waals surface area (Å²) >= 11 is 0. The maximum Gasteiger partial charge on any atom is 0.257 e. The summed E-state index contributed by atoms with van der Waals surface area (Å²) in [6.45, 7) is 4.51. The number of halogens is 2. The lowest BCUT2D eigenvalue weighted by Crippen LogP contribution is -2.47. The predicted molar refractivity (Wildman–Crippen MR) is 64.4 cm³/mol. The van der Waals surface area contributed by atoms with Gasteiger partial charge in [0.1, 0.15) is 11.6 Å². The summed E-state index contributed by atoms with van der Waals surface area (Å²) in [6.07, 6.45) is 0. The third kappa shape index (κ3) is 2.67. The van der Waals surface area contributed by atoms with Gasteiger partial charge in [0.05, 0.1) is 17.7 Å². The highest BCUT2D eigenvalue weighted by atomic mass is 19.1. The van der Waals surface area contributed by atoms with Crippen LogP contribution in [-0.2, 0) is 0 Å². The smallest absolute Gasteiger partial charge is 0.257 e. The van der Waals surface area contributed by atoms with Crippen LogP contribution in [0, 0.1) is 18.6 Å². The molecule has 1 N–H and O–H groups in total. The van der Waals surface area contributed by atoms with Crippen LogP contribution in [0.5, 0.6) is 0 Å². The monoisotopic (exact) mass is 257 g/mol. The molecule has 0 atom stereocenters. The standard InChI is InChI=1S/C13H17F2NO2/c1-8-5-9(11(15)6-10(8)14)12(18)16(4)13(2,3)7-17/h5-6,17H,7H2,1-4H3. The van der Waals surface area contributed by atoms with Crippen molar-refractivity contribution >= 4 is 5.91 Å². The molecule has 0 spiro atoms. The largest absolute Gasteiger partial charge is 0.394 e. The van der Waals surface area contributed by atoms with Crippen molar-refractivity contribution in [3.8, 4) is 0 Å². The first-order valence-electron chi connectivity index (χ1n) is 5.55. The lowest BCUT2D eigenvalue weighted by atomic mass is 10.0. The molecule has 0 radical (unpaired) electrons. The van der Waals surface area contributed by atoms with E-state index in [1.54, 1.807) is 13.8 Å². The number of hydrogen-bond donors (Lipinski definition) is 1. The SMILES string of the molecule is Cc1cc(C(=O)N(C)C(C)(C)CO)c(F)cc1F. The Morgan fingerprint density at radius 2 is 1.89 bits per heavy atom. The summed E-state index contributed by atoms with van der Waals surface area (Å²) in [4.78, 5) is 13.3. The van der Waals surface area contributed by atoms with Crippen molar-refractivity contribution in [2.45, 2.75) is 26.3 Å². The van der Waals surface area contributed by atoms with Crippen LogP contribution in [0.3, 0.4) is 0 Å². The molecule has 5 heteroatoms. The van der Waals surface area contributed by atoms with Crippen molar-refractivity contribution < 1.29 is 18.7 Å². The second-order valence-corrected chi connectivity index (χ2v) is 4.92. The molecule has 0 aliphatic heterocycles. The number of aliphatic hydroxyl groups is 1. The average molecular weight is 257 g/mol. The van der Waals surface area contributed by atoms with Crippen LogP contribution in [-0.4, -0.2) is 35.1 Å². The number of nitrogens with zero attached hydrogens (tertiary/aromatic N) is 1. The lowest BCUT2D eigenvalue weighted by Gasteiger charge is -2.34. The molecule has 0 aliphatic rings. The number of benzene rings is 1. The Labute approximate surface area is 105 Å². The second kappa shape index (κ2) is 5.02. The predicted octanol–water partition coefficient (Wildman–Crippen LogP) is 2.12. The van der Waals surface area contributed by atoms with E-state index in [-0.39, 0.29) is 17.7 Å². The Hall–Kier alpha value is -1.49. The van der Waals surface area contributed by atoms with Gasteiger partial charge in [0.25, 0.3) is 5.91 Å².